The molecule has 5 heteroatoms. The van der Waals surface area contributed by atoms with Crippen LogP contribution in [0, 0.1) is 0 Å². The first-order valence-corrected chi connectivity index (χ1v) is 7.17. The van der Waals surface area contributed by atoms with Gasteiger partial charge in [0.1, 0.15) is 0 Å². The van der Waals surface area contributed by atoms with Crippen LogP contribution in [0.2, 0.25) is 4.34 Å². The third-order valence-electron chi connectivity index (χ3n) is 3.51. The van der Waals surface area contributed by atoms with Crippen LogP contribution in [0.15, 0.2) is 12.1 Å². The average Bonchev–Trinajstić information content (AvgIpc) is 2.89. The Morgan fingerprint density at radius 1 is 1.59 bits per heavy atom. The minimum Gasteiger partial charge on any atom is -0.329 e. The van der Waals surface area contributed by atoms with Gasteiger partial charge in [-0.1, -0.05) is 11.6 Å². The Kier molecular flexibility index (Phi) is 4.44. The SMILES string of the molecule is CN(C)C1CCN(C(CN)c2ccc(Cl)s2)C1. The molecule has 3 nitrogen and oxygen atoms in total. The highest BCUT2D eigenvalue weighted by atomic mass is 35.5. The molecule has 17 heavy (non-hydrogen) atoms. The normalized spacial score (nSPS) is 23.5. The predicted octanol–water partition coefficient (Wildman–Crippen LogP) is 2.04. The molecule has 0 amide bonds. The summed E-state index contributed by atoms with van der Waals surface area (Å²) in [7, 11) is 4.29. The Labute approximate surface area is 112 Å². The number of nitrogens with zero attached hydrogens (tertiary/aromatic N) is 2. The van der Waals surface area contributed by atoms with Crippen LogP contribution in [-0.2, 0) is 0 Å². The quantitative estimate of drug-likeness (QED) is 0.911. The Bertz CT molecular complexity index is 366. The molecule has 1 aliphatic heterocycles. The van der Waals surface area contributed by atoms with Crippen LogP contribution < -0.4 is 5.73 Å². The van der Waals surface area contributed by atoms with Crippen molar-refractivity contribution in [1.29, 1.82) is 0 Å². The minimum absolute atomic E-state index is 0.331. The summed E-state index contributed by atoms with van der Waals surface area (Å²) >= 11 is 7.65. The lowest BCUT2D eigenvalue weighted by atomic mass is 10.2. The number of hydrogen-bond donors (Lipinski definition) is 1. The van der Waals surface area contributed by atoms with Gasteiger partial charge in [0.05, 0.1) is 10.4 Å². The molecule has 2 heterocycles. The maximum absolute atomic E-state index is 6.00. The Hall–Kier alpha value is -0.130. The minimum atomic E-state index is 0.331. The van der Waals surface area contributed by atoms with E-state index in [-0.39, 0.29) is 0 Å². The molecule has 1 aromatic heterocycles. The van der Waals surface area contributed by atoms with Gasteiger partial charge >= 0.3 is 0 Å². The van der Waals surface area contributed by atoms with E-state index >= 15 is 0 Å². The maximum Gasteiger partial charge on any atom is 0.0931 e. The van der Waals surface area contributed by atoms with Crippen molar-refractivity contribution in [3.8, 4) is 0 Å². The fraction of sp³-hybridized carbons (Fsp3) is 0.667. The molecule has 2 unspecified atom stereocenters. The zero-order valence-corrected chi connectivity index (χ0v) is 12.0. The van der Waals surface area contributed by atoms with E-state index in [4.69, 9.17) is 17.3 Å². The molecule has 2 N–H and O–H groups in total. The topological polar surface area (TPSA) is 32.5 Å². The molecule has 0 spiro atoms. The Balaban J connectivity index is 2.05. The summed E-state index contributed by atoms with van der Waals surface area (Å²) in [6.45, 7) is 2.89. The molecule has 0 aromatic carbocycles. The number of likely N-dealkylation sites (tertiary alicyclic amines) is 1. The molecule has 1 saturated heterocycles. The number of thiophene rings is 1. The molecule has 0 bridgehead atoms. The summed E-state index contributed by atoms with van der Waals surface area (Å²) in [4.78, 5) is 6.07. The fourth-order valence-electron chi connectivity index (χ4n) is 2.43. The smallest absolute Gasteiger partial charge is 0.0931 e. The summed E-state index contributed by atoms with van der Waals surface area (Å²) in [5, 5.41) is 0. The third kappa shape index (κ3) is 3.01. The lowest BCUT2D eigenvalue weighted by molar-refractivity contribution is 0.223. The summed E-state index contributed by atoms with van der Waals surface area (Å²) in [6, 6.07) is 5.05. The second-order valence-corrected chi connectivity index (χ2v) is 6.54. The van der Waals surface area contributed by atoms with Gasteiger partial charge in [0.25, 0.3) is 0 Å². The van der Waals surface area contributed by atoms with Crippen LogP contribution in [-0.4, -0.2) is 49.6 Å². The van der Waals surface area contributed by atoms with E-state index in [1.807, 2.05) is 6.07 Å². The first-order valence-electron chi connectivity index (χ1n) is 5.97. The molecule has 96 valence electrons. The van der Waals surface area contributed by atoms with Crippen LogP contribution in [0.3, 0.4) is 0 Å². The van der Waals surface area contributed by atoms with E-state index in [1.54, 1.807) is 11.3 Å². The van der Waals surface area contributed by atoms with E-state index in [9.17, 15) is 0 Å². The maximum atomic E-state index is 6.00. The van der Waals surface area contributed by atoms with Gasteiger partial charge in [-0.15, -0.1) is 11.3 Å². The van der Waals surface area contributed by atoms with Crippen LogP contribution >= 0.6 is 22.9 Å². The van der Waals surface area contributed by atoms with Crippen molar-refractivity contribution in [1.82, 2.24) is 9.80 Å². The van der Waals surface area contributed by atoms with Crippen molar-refractivity contribution in [2.45, 2.75) is 18.5 Å². The van der Waals surface area contributed by atoms with E-state index in [0.717, 1.165) is 17.4 Å². The molecule has 2 atom stereocenters. The van der Waals surface area contributed by atoms with Crippen molar-refractivity contribution in [2.24, 2.45) is 5.73 Å². The van der Waals surface area contributed by atoms with Crippen molar-refractivity contribution < 1.29 is 0 Å². The van der Waals surface area contributed by atoms with Gasteiger partial charge in [0.15, 0.2) is 0 Å². The second kappa shape index (κ2) is 5.67. The van der Waals surface area contributed by atoms with Crippen molar-refractivity contribution in [3.05, 3.63) is 21.3 Å². The van der Waals surface area contributed by atoms with Gasteiger partial charge in [0.2, 0.25) is 0 Å². The Morgan fingerprint density at radius 3 is 2.82 bits per heavy atom. The number of likely N-dealkylation sites (N-methyl/N-ethyl adjacent to an activating group) is 1. The molecule has 0 radical (unpaired) electrons. The second-order valence-electron chi connectivity index (χ2n) is 4.79. The zero-order chi connectivity index (χ0) is 12.4. The molecule has 1 aromatic rings. The molecule has 2 rings (SSSR count). The first kappa shape index (κ1) is 13.3. The van der Waals surface area contributed by atoms with Crippen molar-refractivity contribution in [2.75, 3.05) is 33.7 Å². The van der Waals surface area contributed by atoms with E-state index in [2.05, 4.69) is 30.0 Å². The molecular formula is C12H20ClN3S. The predicted molar refractivity (Wildman–Crippen MR) is 74.8 cm³/mol. The van der Waals surface area contributed by atoms with Crippen LogP contribution in [0.4, 0.5) is 0 Å². The summed E-state index contributed by atoms with van der Waals surface area (Å²) < 4.78 is 0.849. The highest BCUT2D eigenvalue weighted by Gasteiger charge is 2.30. The Morgan fingerprint density at radius 2 is 2.35 bits per heavy atom. The van der Waals surface area contributed by atoms with E-state index in [0.29, 0.717) is 18.6 Å². The first-order chi connectivity index (χ1) is 8.11. The van der Waals surface area contributed by atoms with Crippen LogP contribution in [0.5, 0.6) is 0 Å². The summed E-state index contributed by atoms with van der Waals surface area (Å²) in [5.74, 6) is 0. The number of hydrogen-bond acceptors (Lipinski definition) is 4. The van der Waals surface area contributed by atoms with Gasteiger partial charge in [-0.3, -0.25) is 4.90 Å². The highest BCUT2D eigenvalue weighted by Crippen LogP contribution is 2.32. The van der Waals surface area contributed by atoms with Crippen LogP contribution in [0.1, 0.15) is 17.3 Å². The number of nitrogens with two attached hydrogens (primary N) is 1. The third-order valence-corrected chi connectivity index (χ3v) is 4.84. The molecule has 0 saturated carbocycles. The summed E-state index contributed by atoms with van der Waals surface area (Å²) in [6.07, 6.45) is 1.22. The van der Waals surface area contributed by atoms with Gasteiger partial charge in [-0.05, 0) is 32.6 Å². The molecular weight excluding hydrogens is 254 g/mol. The van der Waals surface area contributed by atoms with Gasteiger partial charge < -0.3 is 10.6 Å². The lowest BCUT2D eigenvalue weighted by Crippen LogP contribution is -2.35. The van der Waals surface area contributed by atoms with Crippen molar-refractivity contribution in [3.63, 3.8) is 0 Å². The summed E-state index contributed by atoms with van der Waals surface area (Å²) in [5.41, 5.74) is 5.92. The number of rotatable bonds is 4. The monoisotopic (exact) mass is 273 g/mol. The van der Waals surface area contributed by atoms with E-state index in [1.165, 1.54) is 11.3 Å². The van der Waals surface area contributed by atoms with Gasteiger partial charge in [-0.25, -0.2) is 0 Å². The molecule has 1 aliphatic rings. The van der Waals surface area contributed by atoms with E-state index < -0.39 is 0 Å². The van der Waals surface area contributed by atoms with Gasteiger partial charge in [-0.2, -0.15) is 0 Å². The zero-order valence-electron chi connectivity index (χ0n) is 10.4. The van der Waals surface area contributed by atoms with Gasteiger partial charge in [0, 0.05) is 30.6 Å². The molecule has 0 aliphatic carbocycles. The van der Waals surface area contributed by atoms with Crippen LogP contribution in [0.25, 0.3) is 0 Å². The lowest BCUT2D eigenvalue weighted by Gasteiger charge is -2.27. The largest absolute Gasteiger partial charge is 0.329 e. The fourth-order valence-corrected chi connectivity index (χ4v) is 3.63. The molecule has 1 fully saturated rings. The standard InChI is InChI=1S/C12H20ClN3S/c1-15(2)9-5-6-16(8-9)10(7-14)11-3-4-12(13)17-11/h3-4,9-10H,5-8,14H2,1-2H3. The average molecular weight is 274 g/mol. The van der Waals surface area contributed by atoms with Crippen molar-refractivity contribution >= 4 is 22.9 Å². The number of halogens is 1. The highest BCUT2D eigenvalue weighted by molar-refractivity contribution is 7.16.